The molecule has 1 aromatic rings. The van der Waals surface area contributed by atoms with Crippen molar-refractivity contribution >= 4 is 29.2 Å². The maximum atomic E-state index is 8.15. The molecule has 1 N–H and O–H groups in total. The molecule has 1 aromatic heterocycles. The van der Waals surface area contributed by atoms with Gasteiger partial charge in [-0.25, -0.2) is 0 Å². The average Bonchev–Trinajstić information content (AvgIpc) is 1.85. The van der Waals surface area contributed by atoms with E-state index >= 15 is 0 Å². The zero-order valence-electron chi connectivity index (χ0n) is 7.04. The Bertz CT molecular complexity index is 296. The van der Waals surface area contributed by atoms with Gasteiger partial charge in [0, 0.05) is 0 Å². The van der Waals surface area contributed by atoms with E-state index in [1.54, 1.807) is 6.19 Å². The Morgan fingerprint density at radius 3 is 2.17 bits per heavy atom. The molecule has 1 heterocycles. The molecule has 0 aliphatic rings. The summed E-state index contributed by atoms with van der Waals surface area (Å²) in [6.45, 7) is 0. The number of anilines is 1. The van der Waals surface area contributed by atoms with Crippen molar-refractivity contribution in [3.63, 3.8) is 0 Å². The summed E-state index contributed by atoms with van der Waals surface area (Å²) in [5, 5.41) is 10.2. The Morgan fingerprint density at radius 1 is 1.25 bits per heavy atom. The number of halogens is 2. The third-order valence-corrected chi connectivity index (χ3v) is 1.09. The van der Waals surface area contributed by atoms with Gasteiger partial charge in [-0.15, -0.1) is 0 Å². The fraction of sp³-hybridized carbons (Fsp3) is 0. The molecular formula is C4H2Cl2N5Na. The molecule has 0 aromatic carbocycles. The second-order valence-electron chi connectivity index (χ2n) is 1.43. The maximum absolute atomic E-state index is 8.15. The van der Waals surface area contributed by atoms with Crippen molar-refractivity contribution in [3.05, 3.63) is 10.6 Å². The first-order chi connectivity index (χ1) is 5.22. The van der Waals surface area contributed by atoms with Gasteiger partial charge in [0.1, 0.15) is 0 Å². The number of hydrogen-bond acceptors (Lipinski definition) is 5. The molecule has 0 fully saturated rings. The van der Waals surface area contributed by atoms with Crippen molar-refractivity contribution in [2.24, 2.45) is 0 Å². The van der Waals surface area contributed by atoms with Crippen molar-refractivity contribution in [3.8, 4) is 6.19 Å². The van der Waals surface area contributed by atoms with Crippen LogP contribution in [0.3, 0.4) is 0 Å². The minimum Gasteiger partial charge on any atom is -1.00 e. The molecule has 1 rings (SSSR count). The largest absolute Gasteiger partial charge is 1.00 e. The summed E-state index contributed by atoms with van der Waals surface area (Å²) in [6.07, 6.45) is 1.62. The van der Waals surface area contributed by atoms with E-state index in [2.05, 4.69) is 20.3 Å². The van der Waals surface area contributed by atoms with E-state index in [1.165, 1.54) is 0 Å². The minimum absolute atomic E-state index is 0. The molecule has 8 heteroatoms. The van der Waals surface area contributed by atoms with Crippen molar-refractivity contribution < 1.29 is 31.0 Å². The standard InChI is InChI=1S/C4HCl2N5.Na.H/c5-2-9-3(6)11-4(10-2)8-1-7;;/h(H,8,9,10,11);;/q;+1;-1. The van der Waals surface area contributed by atoms with Gasteiger partial charge in [-0.1, -0.05) is 0 Å². The molecule has 0 amide bonds. The number of nitriles is 1. The van der Waals surface area contributed by atoms with Gasteiger partial charge in [0.2, 0.25) is 16.5 Å². The number of rotatable bonds is 1. The van der Waals surface area contributed by atoms with E-state index in [9.17, 15) is 0 Å². The summed E-state index contributed by atoms with van der Waals surface area (Å²) in [5.41, 5.74) is 0. The molecule has 0 aliphatic heterocycles. The summed E-state index contributed by atoms with van der Waals surface area (Å²) >= 11 is 10.8. The van der Waals surface area contributed by atoms with Crippen LogP contribution in [-0.4, -0.2) is 15.0 Å². The van der Waals surface area contributed by atoms with E-state index in [1.807, 2.05) is 0 Å². The molecule has 0 aliphatic carbocycles. The van der Waals surface area contributed by atoms with E-state index in [-0.39, 0.29) is 47.5 Å². The molecular weight excluding hydrogens is 212 g/mol. The number of nitrogens with zero attached hydrogens (tertiary/aromatic N) is 4. The van der Waals surface area contributed by atoms with Gasteiger partial charge in [0.05, 0.1) is 0 Å². The summed E-state index contributed by atoms with van der Waals surface area (Å²) in [7, 11) is 0. The SMILES string of the molecule is N#CNc1nc(Cl)nc(Cl)n1.[H-].[Na+]. The van der Waals surface area contributed by atoms with Crippen molar-refractivity contribution in [1.29, 1.82) is 5.26 Å². The third kappa shape index (κ3) is 3.52. The molecule has 0 radical (unpaired) electrons. The molecule has 0 unspecified atom stereocenters. The number of hydrogen-bond donors (Lipinski definition) is 1. The summed E-state index contributed by atoms with van der Waals surface area (Å²) in [6, 6.07) is 0. The Balaban J connectivity index is 0. The summed E-state index contributed by atoms with van der Waals surface area (Å²) in [5.74, 6) is 0.0394. The van der Waals surface area contributed by atoms with E-state index in [4.69, 9.17) is 28.5 Å². The first-order valence-corrected chi connectivity index (χ1v) is 3.20. The Hall–Kier alpha value is -0.120. The predicted molar refractivity (Wildman–Crippen MR) is 40.2 cm³/mol. The Morgan fingerprint density at radius 2 is 1.75 bits per heavy atom. The Labute approximate surface area is 102 Å². The van der Waals surface area contributed by atoms with Crippen LogP contribution in [0.25, 0.3) is 0 Å². The van der Waals surface area contributed by atoms with E-state index in [0.717, 1.165) is 0 Å². The molecule has 58 valence electrons. The van der Waals surface area contributed by atoms with Crippen LogP contribution in [0.2, 0.25) is 10.6 Å². The minimum atomic E-state index is -0.0530. The smallest absolute Gasteiger partial charge is 1.00 e. The number of aromatic nitrogens is 3. The zero-order chi connectivity index (χ0) is 8.27. The second kappa shape index (κ2) is 5.51. The first-order valence-electron chi connectivity index (χ1n) is 2.44. The molecule has 0 spiro atoms. The van der Waals surface area contributed by atoms with Crippen LogP contribution in [0.4, 0.5) is 5.95 Å². The van der Waals surface area contributed by atoms with Crippen molar-refractivity contribution in [2.75, 3.05) is 5.32 Å². The third-order valence-electron chi connectivity index (χ3n) is 0.749. The van der Waals surface area contributed by atoms with Gasteiger partial charge >= 0.3 is 29.6 Å². The fourth-order valence-electron chi connectivity index (χ4n) is 0.432. The van der Waals surface area contributed by atoms with Crippen LogP contribution in [0, 0.1) is 11.5 Å². The second-order valence-corrected chi connectivity index (χ2v) is 2.11. The summed E-state index contributed by atoms with van der Waals surface area (Å²) < 4.78 is 0. The van der Waals surface area contributed by atoms with Gasteiger partial charge in [0.25, 0.3) is 0 Å². The molecule has 0 bridgehead atoms. The monoisotopic (exact) mass is 213 g/mol. The number of nitrogens with one attached hydrogen (secondary N) is 1. The summed E-state index contributed by atoms with van der Waals surface area (Å²) in [4.78, 5) is 10.6. The normalized spacial score (nSPS) is 8.08. The van der Waals surface area contributed by atoms with Crippen LogP contribution < -0.4 is 34.9 Å². The quantitative estimate of drug-likeness (QED) is 0.338. The molecule has 0 saturated heterocycles. The van der Waals surface area contributed by atoms with Crippen LogP contribution in [-0.2, 0) is 0 Å². The van der Waals surface area contributed by atoms with E-state index < -0.39 is 0 Å². The van der Waals surface area contributed by atoms with Gasteiger partial charge in [-0.2, -0.15) is 20.2 Å². The molecule has 5 nitrogen and oxygen atoms in total. The fourth-order valence-corrected chi connectivity index (χ4v) is 0.795. The topological polar surface area (TPSA) is 74.5 Å². The zero-order valence-corrected chi connectivity index (χ0v) is 9.56. The van der Waals surface area contributed by atoms with Crippen LogP contribution in [0.1, 0.15) is 1.43 Å². The first kappa shape index (κ1) is 11.9. The van der Waals surface area contributed by atoms with Gasteiger partial charge in [-0.3, -0.25) is 5.32 Å². The van der Waals surface area contributed by atoms with Crippen LogP contribution in [0.15, 0.2) is 0 Å². The van der Waals surface area contributed by atoms with Gasteiger partial charge in [0.15, 0.2) is 6.19 Å². The van der Waals surface area contributed by atoms with Gasteiger partial charge in [-0.05, 0) is 23.2 Å². The van der Waals surface area contributed by atoms with E-state index in [0.29, 0.717) is 0 Å². The molecule has 0 atom stereocenters. The van der Waals surface area contributed by atoms with Gasteiger partial charge < -0.3 is 1.43 Å². The predicted octanol–water partition coefficient (Wildman–Crippen LogP) is -1.81. The van der Waals surface area contributed by atoms with Crippen molar-refractivity contribution in [1.82, 2.24) is 15.0 Å². The van der Waals surface area contributed by atoms with Crippen LogP contribution in [0.5, 0.6) is 0 Å². The van der Waals surface area contributed by atoms with Crippen LogP contribution >= 0.6 is 23.2 Å². The Kier molecular flexibility index (Phi) is 5.46. The molecule has 12 heavy (non-hydrogen) atoms. The van der Waals surface area contributed by atoms with Crippen molar-refractivity contribution in [2.45, 2.75) is 0 Å². The maximum Gasteiger partial charge on any atom is 1.00 e. The average molecular weight is 214 g/mol. The molecule has 0 saturated carbocycles.